The van der Waals surface area contributed by atoms with Crippen LogP contribution in [-0.2, 0) is 0 Å². The van der Waals surface area contributed by atoms with E-state index in [4.69, 9.17) is 17.3 Å². The monoisotopic (exact) mass is 249 g/mol. The summed E-state index contributed by atoms with van der Waals surface area (Å²) in [4.78, 5) is 8.29. The minimum absolute atomic E-state index is 0.441. The third kappa shape index (κ3) is 2.57. The number of rotatable bonds is 3. The number of nitrogens with two attached hydrogens (primary N) is 1. The van der Waals surface area contributed by atoms with Crippen molar-refractivity contribution in [2.75, 3.05) is 23.4 Å². The second-order valence-electron chi connectivity index (χ2n) is 3.35. The highest BCUT2D eigenvalue weighted by Gasteiger charge is 2.04. The van der Waals surface area contributed by atoms with Gasteiger partial charge in [-0.2, -0.15) is 4.98 Å². The normalized spacial score (nSPS) is 10.0. The fraction of sp³-hybridized carbons (Fsp3) is 0.0909. The minimum atomic E-state index is 0.441. The van der Waals surface area contributed by atoms with Crippen LogP contribution >= 0.6 is 11.6 Å². The summed E-state index contributed by atoms with van der Waals surface area (Å²) in [6.45, 7) is 0. The number of hydrogen-bond acceptors (Lipinski definition) is 5. The van der Waals surface area contributed by atoms with Crippen molar-refractivity contribution in [3.05, 3.63) is 35.5 Å². The Bertz CT molecular complexity index is 529. The Morgan fingerprint density at radius 3 is 2.76 bits per heavy atom. The van der Waals surface area contributed by atoms with E-state index in [9.17, 15) is 0 Å². The molecule has 0 atom stereocenters. The van der Waals surface area contributed by atoms with Gasteiger partial charge in [0, 0.05) is 7.05 Å². The molecular formula is C11H12ClN5. The number of benzene rings is 1. The molecule has 0 bridgehead atoms. The molecule has 1 aromatic heterocycles. The minimum Gasteiger partial charge on any atom is -0.394 e. The Morgan fingerprint density at radius 2 is 2.06 bits per heavy atom. The van der Waals surface area contributed by atoms with Crippen molar-refractivity contribution < 1.29 is 0 Å². The van der Waals surface area contributed by atoms with E-state index in [0.717, 1.165) is 5.69 Å². The molecule has 0 saturated carbocycles. The lowest BCUT2D eigenvalue weighted by atomic mass is 10.3. The van der Waals surface area contributed by atoms with Crippen LogP contribution in [0.5, 0.6) is 0 Å². The standard InChI is InChI=1S/C11H12ClN5/c1-14-10-8(13)6-15-11(17-10)16-9-5-3-2-4-7(9)12/h2-6H,13H2,1H3,(H2,14,15,16,17). The van der Waals surface area contributed by atoms with Crippen molar-refractivity contribution in [1.82, 2.24) is 9.97 Å². The lowest BCUT2D eigenvalue weighted by Gasteiger charge is -2.09. The molecule has 2 rings (SSSR count). The third-order valence-electron chi connectivity index (χ3n) is 2.17. The number of para-hydroxylation sites is 1. The first kappa shape index (κ1) is 11.5. The largest absolute Gasteiger partial charge is 0.394 e. The second-order valence-corrected chi connectivity index (χ2v) is 3.76. The number of halogens is 1. The SMILES string of the molecule is CNc1nc(Nc2ccccc2Cl)ncc1N. The maximum atomic E-state index is 6.02. The first-order valence-corrected chi connectivity index (χ1v) is 5.40. The van der Waals surface area contributed by atoms with Crippen LogP contribution in [0.1, 0.15) is 0 Å². The zero-order valence-electron chi connectivity index (χ0n) is 9.24. The van der Waals surface area contributed by atoms with Gasteiger partial charge < -0.3 is 16.4 Å². The molecule has 0 aliphatic carbocycles. The van der Waals surface area contributed by atoms with Crippen LogP contribution in [0.25, 0.3) is 0 Å². The zero-order valence-corrected chi connectivity index (χ0v) is 9.99. The summed E-state index contributed by atoms with van der Waals surface area (Å²) in [5.41, 5.74) is 6.93. The van der Waals surface area contributed by atoms with Gasteiger partial charge in [0.05, 0.1) is 22.6 Å². The van der Waals surface area contributed by atoms with Gasteiger partial charge in [0.15, 0.2) is 5.82 Å². The van der Waals surface area contributed by atoms with E-state index in [1.807, 2.05) is 18.2 Å². The van der Waals surface area contributed by atoms with Gasteiger partial charge in [-0.25, -0.2) is 4.98 Å². The van der Waals surface area contributed by atoms with Crippen molar-refractivity contribution in [3.8, 4) is 0 Å². The Labute approximate surface area is 104 Å². The molecule has 5 nitrogen and oxygen atoms in total. The molecule has 4 N–H and O–H groups in total. The first-order valence-electron chi connectivity index (χ1n) is 5.02. The van der Waals surface area contributed by atoms with Gasteiger partial charge in [-0.1, -0.05) is 23.7 Å². The van der Waals surface area contributed by atoms with Gasteiger partial charge in [-0.3, -0.25) is 0 Å². The van der Waals surface area contributed by atoms with E-state index in [0.29, 0.717) is 22.5 Å². The second kappa shape index (κ2) is 4.88. The van der Waals surface area contributed by atoms with Gasteiger partial charge in [-0.15, -0.1) is 0 Å². The maximum Gasteiger partial charge on any atom is 0.229 e. The van der Waals surface area contributed by atoms with Crippen molar-refractivity contribution in [2.45, 2.75) is 0 Å². The molecule has 0 aliphatic heterocycles. The lowest BCUT2D eigenvalue weighted by molar-refractivity contribution is 1.16. The van der Waals surface area contributed by atoms with Gasteiger partial charge in [-0.05, 0) is 12.1 Å². The Kier molecular flexibility index (Phi) is 3.30. The molecule has 0 unspecified atom stereocenters. The van der Waals surface area contributed by atoms with Crippen LogP contribution in [0.15, 0.2) is 30.5 Å². The highest BCUT2D eigenvalue weighted by atomic mass is 35.5. The summed E-state index contributed by atoms with van der Waals surface area (Å²) in [6, 6.07) is 7.38. The Balaban J connectivity index is 2.28. The van der Waals surface area contributed by atoms with Crippen LogP contribution in [0.3, 0.4) is 0 Å². The van der Waals surface area contributed by atoms with Crippen LogP contribution < -0.4 is 16.4 Å². The zero-order chi connectivity index (χ0) is 12.3. The van der Waals surface area contributed by atoms with Gasteiger partial charge in [0.1, 0.15) is 0 Å². The summed E-state index contributed by atoms with van der Waals surface area (Å²) in [6.07, 6.45) is 1.54. The van der Waals surface area contributed by atoms with Gasteiger partial charge in [0.25, 0.3) is 0 Å². The fourth-order valence-corrected chi connectivity index (χ4v) is 1.52. The molecule has 0 radical (unpaired) electrons. The Morgan fingerprint density at radius 1 is 1.29 bits per heavy atom. The van der Waals surface area contributed by atoms with Crippen LogP contribution in [0, 0.1) is 0 Å². The third-order valence-corrected chi connectivity index (χ3v) is 2.50. The predicted octanol–water partition coefficient (Wildman–Crippen LogP) is 2.50. The van der Waals surface area contributed by atoms with Crippen molar-refractivity contribution >= 4 is 34.7 Å². The number of hydrogen-bond donors (Lipinski definition) is 3. The first-order chi connectivity index (χ1) is 8.20. The number of nitrogens with one attached hydrogen (secondary N) is 2. The van der Waals surface area contributed by atoms with E-state index < -0.39 is 0 Å². The number of nitrogen functional groups attached to an aromatic ring is 1. The molecular weight excluding hydrogens is 238 g/mol. The van der Waals surface area contributed by atoms with Crippen molar-refractivity contribution in [3.63, 3.8) is 0 Å². The lowest BCUT2D eigenvalue weighted by Crippen LogP contribution is -2.04. The summed E-state index contributed by atoms with van der Waals surface area (Å²) < 4.78 is 0. The average Bonchev–Trinajstić information content (AvgIpc) is 2.34. The van der Waals surface area contributed by atoms with Gasteiger partial charge >= 0.3 is 0 Å². The van der Waals surface area contributed by atoms with Gasteiger partial charge in [0.2, 0.25) is 5.95 Å². The van der Waals surface area contributed by atoms with E-state index in [1.165, 1.54) is 6.20 Å². The predicted molar refractivity (Wildman–Crippen MR) is 70.7 cm³/mol. The highest BCUT2D eigenvalue weighted by Crippen LogP contribution is 2.24. The number of nitrogens with zero attached hydrogens (tertiary/aromatic N) is 2. The van der Waals surface area contributed by atoms with Crippen LogP contribution in [0.4, 0.5) is 23.1 Å². The average molecular weight is 250 g/mol. The molecule has 2 aromatic rings. The summed E-state index contributed by atoms with van der Waals surface area (Å²) in [7, 11) is 1.75. The molecule has 0 fully saturated rings. The van der Waals surface area contributed by atoms with E-state index in [1.54, 1.807) is 13.1 Å². The molecule has 0 amide bonds. The van der Waals surface area contributed by atoms with E-state index in [2.05, 4.69) is 20.6 Å². The fourth-order valence-electron chi connectivity index (χ4n) is 1.33. The summed E-state index contributed by atoms with van der Waals surface area (Å²) in [5.74, 6) is 1.02. The summed E-state index contributed by atoms with van der Waals surface area (Å²) in [5, 5.41) is 6.52. The number of aromatic nitrogens is 2. The molecule has 0 aliphatic rings. The molecule has 88 valence electrons. The molecule has 0 spiro atoms. The highest BCUT2D eigenvalue weighted by molar-refractivity contribution is 6.33. The molecule has 1 heterocycles. The maximum absolute atomic E-state index is 6.02. The molecule has 0 saturated heterocycles. The van der Waals surface area contributed by atoms with Crippen LogP contribution in [-0.4, -0.2) is 17.0 Å². The molecule has 6 heteroatoms. The quantitative estimate of drug-likeness (QED) is 0.779. The molecule has 17 heavy (non-hydrogen) atoms. The topological polar surface area (TPSA) is 75.9 Å². The smallest absolute Gasteiger partial charge is 0.229 e. The van der Waals surface area contributed by atoms with Crippen molar-refractivity contribution in [1.29, 1.82) is 0 Å². The van der Waals surface area contributed by atoms with E-state index in [-0.39, 0.29) is 0 Å². The molecule has 1 aromatic carbocycles. The van der Waals surface area contributed by atoms with Crippen LogP contribution in [0.2, 0.25) is 5.02 Å². The number of anilines is 4. The van der Waals surface area contributed by atoms with E-state index >= 15 is 0 Å². The Hall–Kier alpha value is -2.01. The van der Waals surface area contributed by atoms with Crippen molar-refractivity contribution in [2.24, 2.45) is 0 Å². The summed E-state index contributed by atoms with van der Waals surface area (Å²) >= 11 is 6.02.